The fraction of sp³-hybridized carbons (Fsp3) is 0.300. The van der Waals surface area contributed by atoms with Crippen molar-refractivity contribution in [3.63, 3.8) is 0 Å². The Hall–Kier alpha value is -2.86. The average Bonchev–Trinajstić information content (AvgIpc) is 2.60. The van der Waals surface area contributed by atoms with E-state index in [1.165, 1.54) is 17.7 Å². The number of hydrogen-bond acceptors (Lipinski definition) is 3. The summed E-state index contributed by atoms with van der Waals surface area (Å²) < 4.78 is 0. The Morgan fingerprint density at radius 2 is 1.69 bits per heavy atom. The number of urea groups is 1. The lowest BCUT2D eigenvalue weighted by atomic mass is 10.1. The number of carboxylic acids is 1. The number of hydrogen-bond donors (Lipinski definition) is 3. The number of aromatic carboxylic acids is 1. The first kappa shape index (κ1) is 19.5. The summed E-state index contributed by atoms with van der Waals surface area (Å²) in [4.78, 5) is 25.0. The molecule has 3 N–H and O–H groups in total. The van der Waals surface area contributed by atoms with Crippen LogP contribution in [0.3, 0.4) is 0 Å². The van der Waals surface area contributed by atoms with Crippen LogP contribution in [0.25, 0.3) is 0 Å². The van der Waals surface area contributed by atoms with E-state index in [-0.39, 0.29) is 17.6 Å². The monoisotopic (exact) mass is 355 g/mol. The Kier molecular flexibility index (Phi) is 7.17. The topological polar surface area (TPSA) is 81.7 Å². The highest BCUT2D eigenvalue weighted by atomic mass is 16.4. The molecule has 0 aliphatic carbocycles. The van der Waals surface area contributed by atoms with Crippen LogP contribution >= 0.6 is 0 Å². The highest BCUT2D eigenvalue weighted by Gasteiger charge is 2.10. The van der Waals surface area contributed by atoms with Crippen molar-refractivity contribution >= 4 is 12.0 Å². The number of nitrogens with zero attached hydrogens (tertiary/aromatic N) is 1. The van der Waals surface area contributed by atoms with E-state index in [1.807, 2.05) is 32.2 Å². The first-order valence-corrected chi connectivity index (χ1v) is 8.53. The Morgan fingerprint density at radius 3 is 2.31 bits per heavy atom. The molecule has 2 rings (SSSR count). The molecule has 0 aromatic heterocycles. The molecule has 138 valence electrons. The highest BCUT2D eigenvalue weighted by molar-refractivity contribution is 5.87. The van der Waals surface area contributed by atoms with Crippen LogP contribution < -0.4 is 10.6 Å². The van der Waals surface area contributed by atoms with Gasteiger partial charge < -0.3 is 20.6 Å². The van der Waals surface area contributed by atoms with Crippen LogP contribution in [0.4, 0.5) is 4.79 Å². The second kappa shape index (κ2) is 9.58. The smallest absolute Gasteiger partial charge is 0.335 e. The molecule has 6 nitrogen and oxygen atoms in total. The number of likely N-dealkylation sites (N-methyl/N-ethyl adjacent to an activating group) is 1. The van der Waals surface area contributed by atoms with Crippen molar-refractivity contribution in [1.29, 1.82) is 0 Å². The third kappa shape index (κ3) is 6.57. The average molecular weight is 355 g/mol. The van der Waals surface area contributed by atoms with Gasteiger partial charge in [0.25, 0.3) is 0 Å². The van der Waals surface area contributed by atoms with E-state index in [0.717, 1.165) is 18.7 Å². The normalized spacial score (nSPS) is 11.8. The van der Waals surface area contributed by atoms with Crippen LogP contribution in [-0.4, -0.2) is 41.6 Å². The molecule has 0 saturated carbocycles. The van der Waals surface area contributed by atoms with E-state index in [0.29, 0.717) is 6.54 Å². The van der Waals surface area contributed by atoms with Crippen LogP contribution in [0.1, 0.15) is 28.4 Å². The molecule has 0 saturated heterocycles. The zero-order chi connectivity index (χ0) is 18.9. The molecule has 0 bridgehead atoms. The fourth-order valence-corrected chi connectivity index (χ4v) is 2.70. The van der Waals surface area contributed by atoms with E-state index in [9.17, 15) is 9.59 Å². The van der Waals surface area contributed by atoms with Crippen molar-refractivity contribution in [2.24, 2.45) is 0 Å². The predicted octanol–water partition coefficient (Wildman–Crippen LogP) is 2.70. The molecule has 2 aromatic rings. The van der Waals surface area contributed by atoms with E-state index >= 15 is 0 Å². The largest absolute Gasteiger partial charge is 0.478 e. The van der Waals surface area contributed by atoms with Gasteiger partial charge in [-0.05, 0) is 37.2 Å². The summed E-state index contributed by atoms with van der Waals surface area (Å²) in [6.07, 6.45) is 0. The number of carbonyl (C=O) groups is 2. The number of carbonyl (C=O) groups excluding carboxylic acids is 1. The quantitative estimate of drug-likeness (QED) is 0.680. The first-order chi connectivity index (χ1) is 12.4. The van der Waals surface area contributed by atoms with Gasteiger partial charge >= 0.3 is 12.0 Å². The highest BCUT2D eigenvalue weighted by Crippen LogP contribution is 2.05. The lowest BCUT2D eigenvalue weighted by molar-refractivity contribution is 0.0697. The molecule has 0 heterocycles. The molecule has 1 atom stereocenters. The lowest BCUT2D eigenvalue weighted by Gasteiger charge is -2.22. The molecule has 0 unspecified atom stereocenters. The van der Waals surface area contributed by atoms with Gasteiger partial charge in [-0.3, -0.25) is 0 Å². The van der Waals surface area contributed by atoms with Crippen LogP contribution in [0.5, 0.6) is 0 Å². The molecule has 26 heavy (non-hydrogen) atoms. The maximum atomic E-state index is 12.0. The van der Waals surface area contributed by atoms with Gasteiger partial charge in [-0.2, -0.15) is 0 Å². The summed E-state index contributed by atoms with van der Waals surface area (Å²) in [5, 5.41) is 14.6. The molecule has 2 amide bonds. The number of rotatable bonds is 8. The molecule has 0 aliphatic rings. The molecule has 6 heteroatoms. The zero-order valence-electron chi connectivity index (χ0n) is 15.1. The van der Waals surface area contributed by atoms with Crippen molar-refractivity contribution < 1.29 is 14.7 Å². The SMILES string of the molecule is C[C@H](CN(C)Cc1ccccc1)NC(=O)NCc1ccc(C(=O)O)cc1. The summed E-state index contributed by atoms with van der Waals surface area (Å²) in [5.41, 5.74) is 2.31. The minimum Gasteiger partial charge on any atom is -0.478 e. The number of amides is 2. The summed E-state index contributed by atoms with van der Waals surface area (Å²) in [6, 6.07) is 16.4. The minimum absolute atomic E-state index is 0.00176. The van der Waals surface area contributed by atoms with Crippen molar-refractivity contribution in [1.82, 2.24) is 15.5 Å². The van der Waals surface area contributed by atoms with Gasteiger partial charge in [0.15, 0.2) is 0 Å². The second-order valence-electron chi connectivity index (χ2n) is 6.41. The second-order valence-corrected chi connectivity index (χ2v) is 6.41. The molecule has 2 aromatic carbocycles. The van der Waals surface area contributed by atoms with Crippen LogP contribution in [0.15, 0.2) is 54.6 Å². The fourth-order valence-electron chi connectivity index (χ4n) is 2.70. The maximum absolute atomic E-state index is 12.0. The summed E-state index contributed by atoms with van der Waals surface area (Å²) >= 11 is 0. The number of carboxylic acid groups (broad SMARTS) is 1. The van der Waals surface area contributed by atoms with E-state index in [1.54, 1.807) is 12.1 Å². The first-order valence-electron chi connectivity index (χ1n) is 8.53. The van der Waals surface area contributed by atoms with Crippen molar-refractivity contribution in [3.05, 3.63) is 71.3 Å². The van der Waals surface area contributed by atoms with Crippen molar-refractivity contribution in [2.45, 2.75) is 26.1 Å². The summed E-state index contributed by atoms with van der Waals surface area (Å²) in [5.74, 6) is -0.962. The number of nitrogens with one attached hydrogen (secondary N) is 2. The van der Waals surface area contributed by atoms with Crippen LogP contribution in [0.2, 0.25) is 0 Å². The Balaban J connectivity index is 1.71. The van der Waals surface area contributed by atoms with Gasteiger partial charge in [-0.25, -0.2) is 9.59 Å². The standard InChI is InChI=1S/C20H25N3O3/c1-15(13-23(2)14-17-6-4-3-5-7-17)22-20(26)21-12-16-8-10-18(11-9-16)19(24)25/h3-11,15H,12-14H2,1-2H3,(H,24,25)(H2,21,22,26)/t15-/m1/s1. The lowest BCUT2D eigenvalue weighted by Crippen LogP contribution is -2.45. The number of benzene rings is 2. The summed E-state index contributed by atoms with van der Waals surface area (Å²) in [7, 11) is 2.02. The van der Waals surface area contributed by atoms with Crippen LogP contribution in [0, 0.1) is 0 Å². The maximum Gasteiger partial charge on any atom is 0.335 e. The third-order valence-electron chi connectivity index (χ3n) is 3.91. The predicted molar refractivity (Wildman–Crippen MR) is 101 cm³/mol. The van der Waals surface area contributed by atoms with E-state index in [4.69, 9.17) is 5.11 Å². The third-order valence-corrected chi connectivity index (χ3v) is 3.91. The Labute approximate surface area is 153 Å². The molecule has 0 radical (unpaired) electrons. The van der Waals surface area contributed by atoms with E-state index < -0.39 is 5.97 Å². The Bertz CT molecular complexity index is 717. The molecule has 0 spiro atoms. The zero-order valence-corrected chi connectivity index (χ0v) is 15.1. The van der Waals surface area contributed by atoms with E-state index in [2.05, 4.69) is 27.7 Å². The minimum atomic E-state index is -0.962. The Morgan fingerprint density at radius 1 is 1.04 bits per heavy atom. The van der Waals surface area contributed by atoms with Gasteiger partial charge in [0, 0.05) is 25.7 Å². The van der Waals surface area contributed by atoms with Crippen molar-refractivity contribution in [2.75, 3.05) is 13.6 Å². The van der Waals surface area contributed by atoms with Crippen molar-refractivity contribution in [3.8, 4) is 0 Å². The molecule has 0 aliphatic heterocycles. The van der Waals surface area contributed by atoms with Gasteiger partial charge in [-0.15, -0.1) is 0 Å². The molecule has 0 fully saturated rings. The summed E-state index contributed by atoms with van der Waals surface area (Å²) in [6.45, 7) is 3.86. The molecular weight excluding hydrogens is 330 g/mol. The molecular formula is C20H25N3O3. The van der Waals surface area contributed by atoms with Gasteiger partial charge in [-0.1, -0.05) is 42.5 Å². The van der Waals surface area contributed by atoms with Gasteiger partial charge in [0.2, 0.25) is 0 Å². The van der Waals surface area contributed by atoms with Gasteiger partial charge in [0.1, 0.15) is 0 Å². The van der Waals surface area contributed by atoms with Gasteiger partial charge in [0.05, 0.1) is 5.56 Å². The van der Waals surface area contributed by atoms with Crippen LogP contribution in [-0.2, 0) is 13.1 Å².